The Hall–Kier alpha value is -3.27. The molecule has 2 amide bonds. The molecule has 1 unspecified atom stereocenters. The first-order valence-electron chi connectivity index (χ1n) is 12.2. The van der Waals surface area contributed by atoms with Crippen molar-refractivity contribution in [3.63, 3.8) is 0 Å². The number of likely N-dealkylation sites (N-methyl/N-ethyl adjacent to an activating group) is 1. The predicted octanol–water partition coefficient (Wildman–Crippen LogP) is 1.63. The van der Waals surface area contributed by atoms with Crippen LogP contribution in [-0.4, -0.2) is 51.0 Å². The van der Waals surface area contributed by atoms with Crippen LogP contribution in [0.25, 0.3) is 0 Å². The lowest BCUT2D eigenvalue weighted by atomic mass is 9.77. The standard InChI is InChI=1S/C25H30FN5O4/c1-30-12-2-3-18(30)21(33)29-25-10-8-16(9-11-25)14-31-23(35)20(32)19(28-24(25)31)22(34)27-13-15-4-6-17(26)7-5-15/h4-7,16,18,32H,2-3,8-14H2,1H3,(H,27,34)(H,29,33). The number of hydrogen-bond donors (Lipinski definition) is 3. The Morgan fingerprint density at radius 2 is 1.91 bits per heavy atom. The minimum absolute atomic E-state index is 0.0800. The third-order valence-electron chi connectivity index (χ3n) is 7.74. The van der Waals surface area contributed by atoms with Gasteiger partial charge in [0.2, 0.25) is 11.7 Å². The van der Waals surface area contributed by atoms with Crippen molar-refractivity contribution in [2.24, 2.45) is 5.92 Å². The monoisotopic (exact) mass is 483 g/mol. The molecule has 6 rings (SSSR count). The molecule has 9 nitrogen and oxygen atoms in total. The normalized spacial score (nSPS) is 25.7. The van der Waals surface area contributed by atoms with E-state index in [4.69, 9.17) is 0 Å². The van der Waals surface area contributed by atoms with Gasteiger partial charge >= 0.3 is 0 Å². The van der Waals surface area contributed by atoms with E-state index in [1.54, 1.807) is 0 Å². The number of aromatic nitrogens is 2. The molecule has 2 aromatic rings. The van der Waals surface area contributed by atoms with E-state index in [1.807, 2.05) is 11.9 Å². The summed E-state index contributed by atoms with van der Waals surface area (Å²) in [6, 6.07) is 5.42. The maximum absolute atomic E-state index is 13.3. The van der Waals surface area contributed by atoms with Gasteiger partial charge in [-0.25, -0.2) is 9.37 Å². The highest BCUT2D eigenvalue weighted by atomic mass is 19.1. The van der Waals surface area contributed by atoms with E-state index in [-0.39, 0.29) is 35.9 Å². The summed E-state index contributed by atoms with van der Waals surface area (Å²) >= 11 is 0. The zero-order valence-corrected chi connectivity index (χ0v) is 19.7. The van der Waals surface area contributed by atoms with Crippen LogP contribution >= 0.6 is 0 Å². The van der Waals surface area contributed by atoms with E-state index in [0.717, 1.165) is 32.2 Å². The van der Waals surface area contributed by atoms with E-state index in [9.17, 15) is 23.9 Å². The summed E-state index contributed by atoms with van der Waals surface area (Å²) in [7, 11) is 1.93. The van der Waals surface area contributed by atoms with Gasteiger partial charge in [-0.15, -0.1) is 0 Å². The Kier molecular flexibility index (Phi) is 6.08. The number of hydrogen-bond acceptors (Lipinski definition) is 6. The van der Waals surface area contributed by atoms with Gasteiger partial charge in [0.15, 0.2) is 5.69 Å². The van der Waals surface area contributed by atoms with E-state index in [1.165, 1.54) is 28.8 Å². The molecular weight excluding hydrogens is 453 g/mol. The summed E-state index contributed by atoms with van der Waals surface area (Å²) in [6.45, 7) is 1.33. The van der Waals surface area contributed by atoms with Gasteiger partial charge < -0.3 is 15.7 Å². The van der Waals surface area contributed by atoms with Gasteiger partial charge in [-0.1, -0.05) is 12.1 Å². The molecule has 10 heteroatoms. The third-order valence-corrected chi connectivity index (χ3v) is 7.74. The number of benzene rings is 1. The molecule has 1 aromatic heterocycles. The highest BCUT2D eigenvalue weighted by molar-refractivity contribution is 5.94. The molecular formula is C25H30FN5O4. The molecule has 4 aliphatic rings. The molecule has 0 spiro atoms. The number of carbonyl (C=O) groups is 2. The molecule has 35 heavy (non-hydrogen) atoms. The van der Waals surface area contributed by atoms with Gasteiger partial charge in [-0.2, -0.15) is 0 Å². The summed E-state index contributed by atoms with van der Waals surface area (Å²) in [5.41, 5.74) is -1.24. The summed E-state index contributed by atoms with van der Waals surface area (Å²) in [6.07, 6.45) is 4.59. The molecule has 2 fully saturated rings. The number of nitrogens with zero attached hydrogens (tertiary/aromatic N) is 3. The first-order valence-corrected chi connectivity index (χ1v) is 12.2. The van der Waals surface area contributed by atoms with E-state index >= 15 is 0 Å². The lowest BCUT2D eigenvalue weighted by molar-refractivity contribution is -0.127. The van der Waals surface area contributed by atoms with Crippen LogP contribution < -0.4 is 16.2 Å². The number of aromatic hydroxyl groups is 1. The van der Waals surface area contributed by atoms with Crippen LogP contribution in [-0.2, 0) is 23.4 Å². The van der Waals surface area contributed by atoms with Gasteiger partial charge in [-0.3, -0.25) is 23.9 Å². The van der Waals surface area contributed by atoms with Gasteiger partial charge in [0, 0.05) is 13.1 Å². The number of nitrogens with one attached hydrogen (secondary N) is 2. The first-order chi connectivity index (χ1) is 16.8. The maximum Gasteiger partial charge on any atom is 0.296 e. The van der Waals surface area contributed by atoms with Gasteiger partial charge in [0.1, 0.15) is 11.6 Å². The third kappa shape index (κ3) is 4.31. The molecule has 2 bridgehead atoms. The molecule has 1 saturated heterocycles. The minimum atomic E-state index is -0.869. The average molecular weight is 484 g/mol. The molecule has 1 aliphatic carbocycles. The number of fused-ring (bicyclic) bond motifs is 2. The number of carbonyl (C=O) groups excluding carboxylic acids is 2. The van der Waals surface area contributed by atoms with Crippen LogP contribution in [0.3, 0.4) is 0 Å². The Morgan fingerprint density at radius 3 is 2.57 bits per heavy atom. The fraction of sp³-hybridized carbons (Fsp3) is 0.520. The van der Waals surface area contributed by atoms with Gasteiger partial charge in [0.05, 0.1) is 11.6 Å². The smallest absolute Gasteiger partial charge is 0.296 e. The number of rotatable bonds is 5. The van der Waals surface area contributed by atoms with E-state index in [2.05, 4.69) is 15.6 Å². The molecule has 1 saturated carbocycles. The molecule has 186 valence electrons. The lowest BCUT2D eigenvalue weighted by Crippen LogP contribution is -2.54. The second-order valence-electron chi connectivity index (χ2n) is 10.0. The van der Waals surface area contributed by atoms with Gasteiger partial charge in [-0.05, 0) is 75.7 Å². The Balaban J connectivity index is 1.47. The largest absolute Gasteiger partial charge is 0.501 e. The number of amides is 2. The summed E-state index contributed by atoms with van der Waals surface area (Å²) in [5.74, 6) is -1.31. The Labute approximate surface area is 202 Å². The molecule has 1 atom stereocenters. The van der Waals surface area contributed by atoms with Gasteiger partial charge in [0.25, 0.3) is 11.5 Å². The SMILES string of the molecule is CN1CCCC1C(=O)NC12CCC(CC1)Cn1c2nc(C(=O)NCc2ccc(F)cc2)c(O)c1=O. The average Bonchev–Trinajstić information content (AvgIpc) is 3.15. The van der Waals surface area contributed by atoms with Crippen LogP contribution in [0, 0.1) is 11.7 Å². The van der Waals surface area contributed by atoms with Crippen LogP contribution in [0.4, 0.5) is 4.39 Å². The highest BCUT2D eigenvalue weighted by Gasteiger charge is 2.47. The van der Waals surface area contributed by atoms with Crippen molar-refractivity contribution in [1.29, 1.82) is 0 Å². The quantitative estimate of drug-likeness (QED) is 0.595. The fourth-order valence-corrected chi connectivity index (χ4v) is 5.68. The van der Waals surface area contributed by atoms with Crippen LogP contribution in [0.5, 0.6) is 5.75 Å². The maximum atomic E-state index is 13.3. The van der Waals surface area contributed by atoms with Crippen molar-refractivity contribution >= 4 is 11.8 Å². The van der Waals surface area contributed by atoms with E-state index < -0.39 is 22.8 Å². The van der Waals surface area contributed by atoms with Crippen molar-refractivity contribution < 1.29 is 19.1 Å². The zero-order valence-electron chi connectivity index (χ0n) is 19.7. The highest BCUT2D eigenvalue weighted by Crippen LogP contribution is 2.43. The Morgan fingerprint density at radius 1 is 1.20 bits per heavy atom. The summed E-state index contributed by atoms with van der Waals surface area (Å²) < 4.78 is 14.6. The second kappa shape index (κ2) is 9.07. The zero-order chi connectivity index (χ0) is 24.7. The Bertz CT molecular complexity index is 1200. The van der Waals surface area contributed by atoms with Crippen molar-refractivity contribution in [3.8, 4) is 5.75 Å². The van der Waals surface area contributed by atoms with Crippen LogP contribution in [0.1, 0.15) is 60.4 Å². The lowest BCUT2D eigenvalue weighted by Gasteiger charge is -2.38. The van der Waals surface area contributed by atoms with Crippen molar-refractivity contribution in [1.82, 2.24) is 25.1 Å². The molecule has 1 aromatic carbocycles. The fourth-order valence-electron chi connectivity index (χ4n) is 5.68. The number of halogens is 1. The molecule has 4 heterocycles. The van der Waals surface area contributed by atoms with Crippen molar-refractivity contribution in [3.05, 3.63) is 57.5 Å². The summed E-state index contributed by atoms with van der Waals surface area (Å²) in [4.78, 5) is 46.0. The molecule has 3 N–H and O–H groups in total. The first kappa shape index (κ1) is 23.5. The predicted molar refractivity (Wildman–Crippen MR) is 125 cm³/mol. The minimum Gasteiger partial charge on any atom is -0.501 e. The topological polar surface area (TPSA) is 117 Å². The van der Waals surface area contributed by atoms with Crippen molar-refractivity contribution in [2.75, 3.05) is 13.6 Å². The second-order valence-corrected chi connectivity index (χ2v) is 10.0. The van der Waals surface area contributed by atoms with Crippen molar-refractivity contribution in [2.45, 2.75) is 63.2 Å². The summed E-state index contributed by atoms with van der Waals surface area (Å²) in [5, 5.41) is 16.5. The van der Waals surface area contributed by atoms with Crippen LogP contribution in [0.2, 0.25) is 0 Å². The van der Waals surface area contributed by atoms with Crippen LogP contribution in [0.15, 0.2) is 29.1 Å². The van der Waals surface area contributed by atoms with E-state index in [0.29, 0.717) is 30.8 Å². The molecule has 3 aliphatic heterocycles. The number of likely N-dealkylation sites (tertiary alicyclic amines) is 1. The molecule has 0 radical (unpaired) electrons.